The molecule has 31 heavy (non-hydrogen) atoms. The molecule has 2 aromatic carbocycles. The average Bonchev–Trinajstić information content (AvgIpc) is 3.10. The van der Waals surface area contributed by atoms with E-state index in [1.54, 1.807) is 36.4 Å². The first-order valence-electron chi connectivity index (χ1n) is 9.44. The van der Waals surface area contributed by atoms with Crippen molar-refractivity contribution in [2.45, 2.75) is 6.54 Å². The first kappa shape index (κ1) is 21.8. The second-order valence-corrected chi connectivity index (χ2v) is 6.44. The van der Waals surface area contributed by atoms with Crippen LogP contribution in [0, 0.1) is 0 Å². The van der Waals surface area contributed by atoms with Crippen LogP contribution in [0.4, 0.5) is 0 Å². The Kier molecular flexibility index (Phi) is 6.86. The number of nitrogens with zero attached hydrogens (tertiary/aromatic N) is 1. The Labute approximate surface area is 178 Å². The van der Waals surface area contributed by atoms with Crippen molar-refractivity contribution in [2.75, 3.05) is 35.0 Å². The Balaban J connectivity index is 1.65. The molecule has 0 fully saturated rings. The molecule has 0 radical (unpaired) electrons. The SMILES string of the molecule is COc1ccc2c(c1)oc(=O)n2CCNC(=O)/C=C/c1cc(OC)c(OC)c(OC)c1. The van der Waals surface area contributed by atoms with Crippen molar-refractivity contribution in [1.29, 1.82) is 0 Å². The molecule has 0 aliphatic rings. The lowest BCUT2D eigenvalue weighted by Crippen LogP contribution is -2.28. The van der Waals surface area contributed by atoms with Crippen LogP contribution in [0.2, 0.25) is 0 Å². The highest BCUT2D eigenvalue weighted by molar-refractivity contribution is 5.91. The molecular weight excluding hydrogens is 404 g/mol. The van der Waals surface area contributed by atoms with E-state index in [1.165, 1.54) is 39.1 Å². The Morgan fingerprint density at radius 2 is 1.74 bits per heavy atom. The predicted octanol–water partition coefficient (Wildman–Crippen LogP) is 2.46. The van der Waals surface area contributed by atoms with Gasteiger partial charge in [0.15, 0.2) is 17.1 Å². The first-order valence-corrected chi connectivity index (χ1v) is 9.44. The molecule has 1 amide bonds. The summed E-state index contributed by atoms with van der Waals surface area (Å²) in [5.41, 5.74) is 1.77. The predicted molar refractivity (Wildman–Crippen MR) is 115 cm³/mol. The van der Waals surface area contributed by atoms with Crippen molar-refractivity contribution in [3.05, 3.63) is 52.5 Å². The van der Waals surface area contributed by atoms with Gasteiger partial charge in [-0.3, -0.25) is 9.36 Å². The smallest absolute Gasteiger partial charge is 0.420 e. The maximum absolute atomic E-state index is 12.2. The molecule has 9 heteroatoms. The molecule has 0 aliphatic carbocycles. The standard InChI is InChI=1S/C22H24N2O7/c1-27-15-6-7-16-17(13-15)31-22(26)24(16)10-9-23-20(25)8-5-14-11-18(28-2)21(30-4)19(12-14)29-3/h5-8,11-13H,9-10H2,1-4H3,(H,23,25)/b8-5+. The van der Waals surface area contributed by atoms with Crippen LogP contribution >= 0.6 is 0 Å². The maximum Gasteiger partial charge on any atom is 0.420 e. The summed E-state index contributed by atoms with van der Waals surface area (Å²) < 4.78 is 27.7. The van der Waals surface area contributed by atoms with Gasteiger partial charge in [0.25, 0.3) is 0 Å². The molecule has 0 aliphatic heterocycles. The molecule has 0 unspecified atom stereocenters. The largest absolute Gasteiger partial charge is 0.497 e. The topological polar surface area (TPSA) is 101 Å². The number of carbonyl (C=O) groups is 1. The summed E-state index contributed by atoms with van der Waals surface area (Å²) in [5, 5.41) is 2.75. The number of carbonyl (C=O) groups excluding carboxylic acids is 1. The molecular formula is C22H24N2O7. The van der Waals surface area contributed by atoms with Gasteiger partial charge >= 0.3 is 5.76 Å². The minimum atomic E-state index is -0.495. The Morgan fingerprint density at radius 3 is 2.35 bits per heavy atom. The van der Waals surface area contributed by atoms with Crippen LogP contribution in [-0.2, 0) is 11.3 Å². The number of hydrogen-bond donors (Lipinski definition) is 1. The third-order valence-corrected chi connectivity index (χ3v) is 4.62. The van der Waals surface area contributed by atoms with Crippen molar-refractivity contribution in [2.24, 2.45) is 0 Å². The van der Waals surface area contributed by atoms with Gasteiger partial charge in [-0.15, -0.1) is 0 Å². The fourth-order valence-corrected chi connectivity index (χ4v) is 3.10. The lowest BCUT2D eigenvalue weighted by Gasteiger charge is -2.12. The van der Waals surface area contributed by atoms with E-state index in [9.17, 15) is 9.59 Å². The fraction of sp³-hybridized carbons (Fsp3) is 0.273. The van der Waals surface area contributed by atoms with Crippen LogP contribution in [0.1, 0.15) is 5.56 Å². The average molecular weight is 428 g/mol. The number of benzene rings is 2. The molecule has 3 aromatic rings. The molecule has 0 spiro atoms. The van der Waals surface area contributed by atoms with Gasteiger partial charge in [-0.05, 0) is 35.9 Å². The van der Waals surface area contributed by atoms with Crippen molar-refractivity contribution in [3.63, 3.8) is 0 Å². The molecule has 0 saturated heterocycles. The van der Waals surface area contributed by atoms with Crippen LogP contribution < -0.4 is 30.0 Å². The van der Waals surface area contributed by atoms with Crippen LogP contribution in [0.25, 0.3) is 17.2 Å². The van der Waals surface area contributed by atoms with E-state index in [0.717, 1.165) is 0 Å². The summed E-state index contributed by atoms with van der Waals surface area (Å²) in [7, 11) is 6.11. The van der Waals surface area contributed by atoms with Gasteiger partial charge in [-0.2, -0.15) is 0 Å². The number of hydrogen-bond acceptors (Lipinski definition) is 7. The van der Waals surface area contributed by atoms with Crippen LogP contribution in [0.15, 0.2) is 45.6 Å². The fourth-order valence-electron chi connectivity index (χ4n) is 3.10. The zero-order valence-corrected chi connectivity index (χ0v) is 17.8. The summed E-state index contributed by atoms with van der Waals surface area (Å²) in [4.78, 5) is 24.3. The quantitative estimate of drug-likeness (QED) is 0.523. The Morgan fingerprint density at radius 1 is 1.03 bits per heavy atom. The van der Waals surface area contributed by atoms with Crippen molar-refractivity contribution < 1.29 is 28.2 Å². The first-order chi connectivity index (χ1) is 15.0. The number of oxazole rings is 1. The normalized spacial score (nSPS) is 11.0. The van der Waals surface area contributed by atoms with Gasteiger partial charge in [0.1, 0.15) is 5.75 Å². The van der Waals surface area contributed by atoms with Crippen molar-refractivity contribution in [1.82, 2.24) is 9.88 Å². The summed E-state index contributed by atoms with van der Waals surface area (Å²) in [5.74, 6) is 1.25. The van der Waals surface area contributed by atoms with Crippen LogP contribution in [0.5, 0.6) is 23.0 Å². The maximum atomic E-state index is 12.2. The molecule has 164 valence electrons. The van der Waals surface area contributed by atoms with E-state index >= 15 is 0 Å². The number of ether oxygens (including phenoxy) is 4. The van der Waals surface area contributed by atoms with Crippen molar-refractivity contribution in [3.8, 4) is 23.0 Å². The van der Waals surface area contributed by atoms with Crippen LogP contribution in [0.3, 0.4) is 0 Å². The second-order valence-electron chi connectivity index (χ2n) is 6.44. The second kappa shape index (κ2) is 9.75. The van der Waals surface area contributed by atoms with Gasteiger partial charge in [-0.1, -0.05) is 0 Å². The highest BCUT2D eigenvalue weighted by Gasteiger charge is 2.13. The zero-order chi connectivity index (χ0) is 22.4. The third-order valence-electron chi connectivity index (χ3n) is 4.62. The van der Waals surface area contributed by atoms with Gasteiger partial charge in [0.05, 0.1) is 34.0 Å². The van der Waals surface area contributed by atoms with Gasteiger partial charge in [-0.25, -0.2) is 4.79 Å². The highest BCUT2D eigenvalue weighted by atomic mass is 16.5. The molecule has 3 rings (SSSR count). The number of fused-ring (bicyclic) bond motifs is 1. The minimum absolute atomic E-state index is 0.249. The number of aromatic nitrogens is 1. The molecule has 1 N–H and O–H groups in total. The lowest BCUT2D eigenvalue weighted by molar-refractivity contribution is -0.116. The monoisotopic (exact) mass is 428 g/mol. The van der Waals surface area contributed by atoms with E-state index in [-0.39, 0.29) is 19.0 Å². The summed E-state index contributed by atoms with van der Waals surface area (Å²) >= 11 is 0. The van der Waals surface area contributed by atoms with Gasteiger partial charge < -0.3 is 28.7 Å². The molecule has 9 nitrogen and oxygen atoms in total. The minimum Gasteiger partial charge on any atom is -0.497 e. The van der Waals surface area contributed by atoms with E-state index in [4.69, 9.17) is 23.4 Å². The summed E-state index contributed by atoms with van der Waals surface area (Å²) in [6.45, 7) is 0.515. The lowest BCUT2D eigenvalue weighted by atomic mass is 10.1. The highest BCUT2D eigenvalue weighted by Crippen LogP contribution is 2.38. The van der Waals surface area contributed by atoms with E-state index in [2.05, 4.69) is 5.32 Å². The molecule has 1 heterocycles. The van der Waals surface area contributed by atoms with Crippen molar-refractivity contribution >= 4 is 23.1 Å². The molecule has 0 atom stereocenters. The molecule has 0 bridgehead atoms. The summed E-state index contributed by atoms with van der Waals surface area (Å²) in [6, 6.07) is 8.59. The Hall–Kier alpha value is -3.88. The van der Waals surface area contributed by atoms with Crippen LogP contribution in [-0.4, -0.2) is 45.5 Å². The third kappa shape index (κ3) is 4.82. The number of rotatable bonds is 9. The number of amides is 1. The zero-order valence-electron chi connectivity index (χ0n) is 17.8. The number of methoxy groups -OCH3 is 4. The van der Waals surface area contributed by atoms with E-state index in [0.29, 0.717) is 39.7 Å². The van der Waals surface area contributed by atoms with E-state index in [1.807, 2.05) is 0 Å². The Bertz CT molecular complexity index is 1140. The van der Waals surface area contributed by atoms with Gasteiger partial charge in [0, 0.05) is 25.2 Å². The molecule has 0 saturated carbocycles. The van der Waals surface area contributed by atoms with Gasteiger partial charge in [0.2, 0.25) is 11.7 Å². The molecule has 1 aromatic heterocycles. The summed E-state index contributed by atoms with van der Waals surface area (Å²) in [6.07, 6.45) is 3.02. The number of nitrogens with one attached hydrogen (secondary N) is 1. The van der Waals surface area contributed by atoms with E-state index < -0.39 is 5.76 Å².